The van der Waals surface area contributed by atoms with Gasteiger partial charge in [-0.1, -0.05) is 0 Å². The van der Waals surface area contributed by atoms with E-state index in [-0.39, 0.29) is 0 Å². The maximum Gasteiger partial charge on any atom is 0.327 e. The lowest BCUT2D eigenvalue weighted by Crippen LogP contribution is -1.96. The minimum atomic E-state index is -1.06. The van der Waals surface area contributed by atoms with Gasteiger partial charge in [0, 0.05) is 0 Å². The van der Waals surface area contributed by atoms with Crippen LogP contribution in [0, 0.1) is 5.53 Å². The second-order valence-electron chi connectivity index (χ2n) is 0.710. The zero-order chi connectivity index (χ0) is 4.99. The maximum atomic E-state index is 9.39. The van der Waals surface area contributed by atoms with E-state index in [4.69, 9.17) is 10.6 Å². The Morgan fingerprint density at radius 3 is 2.50 bits per heavy atom. The number of aliphatic carboxylic acids is 1. The summed E-state index contributed by atoms with van der Waals surface area (Å²) in [4.78, 5) is 9.39. The highest BCUT2D eigenvalue weighted by atomic mass is 16.4. The molecule has 4 heteroatoms. The Hall–Kier alpha value is -0.930. The van der Waals surface area contributed by atoms with E-state index in [9.17, 15) is 4.79 Å². The molecular weight excluding hydrogens is 84.0 g/mol. The summed E-state index contributed by atoms with van der Waals surface area (Å²) in [6, 6.07) is 0. The van der Waals surface area contributed by atoms with E-state index in [1.54, 1.807) is 0 Å². The molecule has 0 saturated heterocycles. The molecule has 6 heavy (non-hydrogen) atoms. The summed E-state index contributed by atoms with van der Waals surface area (Å²) in [5.74, 6) is -1.06. The highest BCUT2D eigenvalue weighted by molar-refractivity contribution is 5.68. The van der Waals surface area contributed by atoms with E-state index in [0.717, 1.165) is 0 Å². The van der Waals surface area contributed by atoms with Crippen molar-refractivity contribution in [3.63, 3.8) is 0 Å². The Morgan fingerprint density at radius 1 is 2.00 bits per heavy atom. The third-order valence-corrected chi connectivity index (χ3v) is 0.214. The number of nitrogens with one attached hydrogen (secondary N) is 1. The Morgan fingerprint density at radius 2 is 2.50 bits per heavy atom. The number of nitrogens with zero attached hydrogens (tertiary/aromatic N) is 1. The smallest absolute Gasteiger partial charge is 0.327 e. The van der Waals surface area contributed by atoms with Gasteiger partial charge >= 0.3 is 5.97 Å². The number of hydrogen-bond donors (Lipinski definition) is 2. The van der Waals surface area contributed by atoms with Gasteiger partial charge in [-0.25, -0.2) is 5.53 Å². The standard InChI is InChI=1S/C2H4N2O2/c3-4-1-2(5)6/h3H,1H2,(H,5,6). The normalized spacial score (nSPS) is 7.33. The van der Waals surface area contributed by atoms with Crippen LogP contribution in [-0.4, -0.2) is 17.6 Å². The zero-order valence-electron chi connectivity index (χ0n) is 3.01. The Kier molecular flexibility index (Phi) is 1.96. The average molecular weight is 88.1 g/mol. The van der Waals surface area contributed by atoms with Crippen LogP contribution >= 0.6 is 0 Å². The van der Waals surface area contributed by atoms with Crippen molar-refractivity contribution in [2.75, 3.05) is 6.54 Å². The number of carbonyl (C=O) groups is 1. The fraction of sp³-hybridized carbons (Fsp3) is 0.500. The molecule has 0 amide bonds. The van der Waals surface area contributed by atoms with Gasteiger partial charge in [0.25, 0.3) is 0 Å². The van der Waals surface area contributed by atoms with Crippen LogP contribution in [0.1, 0.15) is 0 Å². The first kappa shape index (κ1) is 5.07. The van der Waals surface area contributed by atoms with Crippen LogP contribution in [0.5, 0.6) is 0 Å². The first-order chi connectivity index (χ1) is 2.77. The van der Waals surface area contributed by atoms with Crippen LogP contribution < -0.4 is 0 Å². The number of carboxylic acid groups (broad SMARTS) is 1. The Bertz CT molecular complexity index is 69.9. The van der Waals surface area contributed by atoms with Crippen LogP contribution in [0.2, 0.25) is 0 Å². The van der Waals surface area contributed by atoms with Crippen molar-refractivity contribution in [3.8, 4) is 0 Å². The summed E-state index contributed by atoms with van der Waals surface area (Å²) < 4.78 is 0. The van der Waals surface area contributed by atoms with Gasteiger partial charge in [0.15, 0.2) is 6.54 Å². The molecule has 0 aromatic rings. The third-order valence-electron chi connectivity index (χ3n) is 0.214. The second kappa shape index (κ2) is 2.32. The highest BCUT2D eigenvalue weighted by Gasteiger charge is 1.86. The number of carboxylic acids is 1. The van der Waals surface area contributed by atoms with E-state index in [0.29, 0.717) is 0 Å². The van der Waals surface area contributed by atoms with Gasteiger partial charge in [-0.05, 0) is 0 Å². The lowest BCUT2D eigenvalue weighted by molar-refractivity contribution is -0.135. The fourth-order valence-electron chi connectivity index (χ4n) is 0.0676. The van der Waals surface area contributed by atoms with Crippen molar-refractivity contribution in [2.45, 2.75) is 0 Å². The van der Waals surface area contributed by atoms with Crippen LogP contribution in [0.4, 0.5) is 0 Å². The van der Waals surface area contributed by atoms with E-state index >= 15 is 0 Å². The van der Waals surface area contributed by atoms with E-state index < -0.39 is 12.5 Å². The molecule has 0 saturated carbocycles. The molecule has 0 spiro atoms. The molecule has 2 N–H and O–H groups in total. The molecule has 0 radical (unpaired) electrons. The highest BCUT2D eigenvalue weighted by Crippen LogP contribution is 1.62. The van der Waals surface area contributed by atoms with E-state index in [2.05, 4.69) is 5.11 Å². The molecule has 0 fully saturated rings. The zero-order valence-corrected chi connectivity index (χ0v) is 3.01. The van der Waals surface area contributed by atoms with Crippen LogP contribution in [-0.2, 0) is 4.79 Å². The van der Waals surface area contributed by atoms with Crippen molar-refractivity contribution < 1.29 is 9.90 Å². The van der Waals surface area contributed by atoms with Gasteiger partial charge in [-0.15, -0.1) is 0 Å². The lowest BCUT2D eigenvalue weighted by Gasteiger charge is -1.73. The molecule has 0 aliphatic rings. The van der Waals surface area contributed by atoms with E-state index in [1.165, 1.54) is 0 Å². The summed E-state index contributed by atoms with van der Waals surface area (Å²) >= 11 is 0. The average Bonchev–Trinajstić information content (AvgIpc) is 1.35. The van der Waals surface area contributed by atoms with Crippen molar-refractivity contribution in [2.24, 2.45) is 5.11 Å². The summed E-state index contributed by atoms with van der Waals surface area (Å²) in [6.07, 6.45) is 0. The monoisotopic (exact) mass is 88.0 g/mol. The van der Waals surface area contributed by atoms with Gasteiger partial charge < -0.3 is 5.11 Å². The van der Waals surface area contributed by atoms with Gasteiger partial charge in [0.05, 0.1) is 0 Å². The molecule has 0 rings (SSSR count). The van der Waals surface area contributed by atoms with Crippen molar-refractivity contribution >= 4 is 5.97 Å². The van der Waals surface area contributed by atoms with E-state index in [1.807, 2.05) is 0 Å². The van der Waals surface area contributed by atoms with Crippen LogP contribution in [0.15, 0.2) is 5.11 Å². The molecular formula is C2H4N2O2. The molecule has 0 aromatic carbocycles. The van der Waals surface area contributed by atoms with Crippen molar-refractivity contribution in [3.05, 3.63) is 0 Å². The first-order valence-corrected chi connectivity index (χ1v) is 1.32. The molecule has 0 bridgehead atoms. The van der Waals surface area contributed by atoms with Crippen LogP contribution in [0.3, 0.4) is 0 Å². The van der Waals surface area contributed by atoms with Gasteiger partial charge in [0.2, 0.25) is 0 Å². The second-order valence-corrected chi connectivity index (χ2v) is 0.710. The first-order valence-electron chi connectivity index (χ1n) is 1.32. The maximum absolute atomic E-state index is 9.39. The predicted molar refractivity (Wildman–Crippen MR) is 17.7 cm³/mol. The SMILES string of the molecule is N=NCC(=O)O. The predicted octanol–water partition coefficient (Wildman–Crippen LogP) is 0.102. The minimum absolute atomic E-state index is 0.417. The number of rotatable bonds is 2. The van der Waals surface area contributed by atoms with Crippen LogP contribution in [0.25, 0.3) is 0 Å². The largest absolute Gasteiger partial charge is 0.480 e. The minimum Gasteiger partial charge on any atom is -0.480 e. The van der Waals surface area contributed by atoms with Gasteiger partial charge in [-0.3, -0.25) is 4.79 Å². The van der Waals surface area contributed by atoms with Crippen molar-refractivity contribution in [1.29, 1.82) is 5.53 Å². The summed E-state index contributed by atoms with van der Waals surface area (Å²) in [5, 5.41) is 10.3. The molecule has 34 valence electrons. The molecule has 0 atom stereocenters. The fourth-order valence-corrected chi connectivity index (χ4v) is 0.0676. The Labute approximate surface area is 34.3 Å². The summed E-state index contributed by atoms with van der Waals surface area (Å²) in [7, 11) is 0. The molecule has 0 aliphatic carbocycles. The lowest BCUT2D eigenvalue weighted by atomic mass is 10.7. The topological polar surface area (TPSA) is 73.5 Å². The molecule has 0 aliphatic heterocycles. The summed E-state index contributed by atoms with van der Waals surface area (Å²) in [6.45, 7) is -0.417. The Balaban J connectivity index is 3.05. The quantitative estimate of drug-likeness (QED) is 0.470. The molecule has 0 unspecified atom stereocenters. The van der Waals surface area contributed by atoms with Gasteiger partial charge in [0.1, 0.15) is 0 Å². The third kappa shape index (κ3) is 3.07. The molecule has 0 aromatic heterocycles. The van der Waals surface area contributed by atoms with Crippen molar-refractivity contribution in [1.82, 2.24) is 0 Å². The molecule has 4 nitrogen and oxygen atoms in total. The number of hydrogen-bond acceptors (Lipinski definition) is 3. The van der Waals surface area contributed by atoms with Gasteiger partial charge in [-0.2, -0.15) is 5.11 Å². The summed E-state index contributed by atoms with van der Waals surface area (Å²) in [5.41, 5.74) is 5.98. The molecule has 0 heterocycles.